The molecule has 0 radical (unpaired) electrons. The maximum Gasteiger partial charge on any atom is 0.412 e. The number of nitrogens with zero attached hydrogens (tertiary/aromatic N) is 1. The van der Waals surface area contributed by atoms with E-state index in [0.29, 0.717) is 41.5 Å². The number of hydrogen-bond acceptors (Lipinski definition) is 6. The molecule has 1 unspecified atom stereocenters. The molecule has 0 saturated carbocycles. The standard InChI is InChI=1S/C21H25ClN4O4S/c22-15-5-2-1-4-14(15)18(19(24)28)21(7-9-26(10-8-21)17(27)12-23)13-30-20(29)25-16-6-3-11-31-16/h1-6,11,18H,7-10,12-13,23H2,(H2,24,28)(H,25,29). The Kier molecular flexibility index (Phi) is 7.53. The average Bonchev–Trinajstić information content (AvgIpc) is 3.26. The molecule has 1 saturated heterocycles. The lowest BCUT2D eigenvalue weighted by Crippen LogP contribution is -2.51. The molecule has 10 heteroatoms. The Hall–Kier alpha value is -2.62. The van der Waals surface area contributed by atoms with Gasteiger partial charge in [-0.1, -0.05) is 29.8 Å². The summed E-state index contributed by atoms with van der Waals surface area (Å²) in [6.07, 6.45) is 0.193. The van der Waals surface area contributed by atoms with E-state index >= 15 is 0 Å². The summed E-state index contributed by atoms with van der Waals surface area (Å²) in [6.45, 7) is 0.616. The van der Waals surface area contributed by atoms with Crippen molar-refractivity contribution < 1.29 is 19.1 Å². The van der Waals surface area contributed by atoms with Crippen LogP contribution in [0.2, 0.25) is 5.02 Å². The molecule has 1 fully saturated rings. The van der Waals surface area contributed by atoms with Crippen molar-refractivity contribution in [2.75, 3.05) is 31.6 Å². The van der Waals surface area contributed by atoms with E-state index in [2.05, 4.69) is 5.32 Å². The zero-order valence-corrected chi connectivity index (χ0v) is 18.5. The van der Waals surface area contributed by atoms with Crippen LogP contribution < -0.4 is 16.8 Å². The fourth-order valence-corrected chi connectivity index (χ4v) is 4.88. The fraction of sp³-hybridized carbons (Fsp3) is 0.381. The van der Waals surface area contributed by atoms with Gasteiger partial charge in [-0.3, -0.25) is 14.9 Å². The number of hydrogen-bond donors (Lipinski definition) is 3. The van der Waals surface area contributed by atoms with Crippen LogP contribution in [-0.2, 0) is 14.3 Å². The molecule has 166 valence electrons. The third-order valence-electron chi connectivity index (χ3n) is 5.64. The maximum absolute atomic E-state index is 12.6. The third-order valence-corrected chi connectivity index (χ3v) is 6.77. The fourth-order valence-electron chi connectivity index (χ4n) is 4.04. The normalized spacial score (nSPS) is 16.4. The van der Waals surface area contributed by atoms with Crippen LogP contribution in [0.3, 0.4) is 0 Å². The highest BCUT2D eigenvalue weighted by Gasteiger charge is 2.47. The quantitative estimate of drug-likeness (QED) is 0.580. The molecule has 31 heavy (non-hydrogen) atoms. The van der Waals surface area contributed by atoms with E-state index in [1.165, 1.54) is 11.3 Å². The molecule has 0 bridgehead atoms. The molecule has 2 heterocycles. The molecule has 8 nitrogen and oxygen atoms in total. The predicted molar refractivity (Wildman–Crippen MR) is 120 cm³/mol. The second-order valence-corrected chi connectivity index (χ2v) is 8.84. The molecule has 1 atom stereocenters. The molecule has 0 spiro atoms. The summed E-state index contributed by atoms with van der Waals surface area (Å²) in [6, 6.07) is 10.6. The lowest BCUT2D eigenvalue weighted by molar-refractivity contribution is -0.134. The van der Waals surface area contributed by atoms with Gasteiger partial charge in [-0.05, 0) is 42.0 Å². The Morgan fingerprint density at radius 3 is 2.48 bits per heavy atom. The number of nitrogens with two attached hydrogens (primary N) is 2. The Bertz CT molecular complexity index is 929. The highest BCUT2D eigenvalue weighted by molar-refractivity contribution is 7.14. The molecule has 1 aromatic carbocycles. The first-order valence-electron chi connectivity index (χ1n) is 9.85. The van der Waals surface area contributed by atoms with Gasteiger partial charge in [0.15, 0.2) is 0 Å². The van der Waals surface area contributed by atoms with Gasteiger partial charge < -0.3 is 21.1 Å². The molecular formula is C21H25ClN4O4S. The van der Waals surface area contributed by atoms with E-state index < -0.39 is 23.3 Å². The number of carbonyl (C=O) groups is 3. The summed E-state index contributed by atoms with van der Waals surface area (Å²) in [5.74, 6) is -1.52. The summed E-state index contributed by atoms with van der Waals surface area (Å²) in [5, 5.41) is 5.57. The number of primary amides is 1. The Balaban J connectivity index is 1.86. The number of likely N-dealkylation sites (tertiary alicyclic amines) is 1. The Labute approximate surface area is 189 Å². The highest BCUT2D eigenvalue weighted by atomic mass is 35.5. The molecule has 1 aliphatic heterocycles. The van der Waals surface area contributed by atoms with E-state index in [9.17, 15) is 14.4 Å². The van der Waals surface area contributed by atoms with Gasteiger partial charge in [0.1, 0.15) is 6.61 Å². The van der Waals surface area contributed by atoms with Gasteiger partial charge in [-0.25, -0.2) is 4.79 Å². The van der Waals surface area contributed by atoms with E-state index in [1.807, 2.05) is 11.4 Å². The lowest BCUT2D eigenvalue weighted by atomic mass is 9.66. The predicted octanol–water partition coefficient (Wildman–Crippen LogP) is 2.79. The Morgan fingerprint density at radius 2 is 1.90 bits per heavy atom. The molecule has 3 rings (SSSR count). The molecule has 3 amide bonds. The summed E-state index contributed by atoms with van der Waals surface area (Å²) in [4.78, 5) is 38.7. The molecular weight excluding hydrogens is 440 g/mol. The monoisotopic (exact) mass is 464 g/mol. The number of rotatable bonds is 7. The van der Waals surface area contributed by atoms with Crippen molar-refractivity contribution in [2.24, 2.45) is 16.9 Å². The van der Waals surface area contributed by atoms with Crippen molar-refractivity contribution in [2.45, 2.75) is 18.8 Å². The van der Waals surface area contributed by atoms with Gasteiger partial charge in [0.2, 0.25) is 11.8 Å². The highest BCUT2D eigenvalue weighted by Crippen LogP contribution is 2.46. The molecule has 5 N–H and O–H groups in total. The number of anilines is 1. The van der Waals surface area contributed by atoms with Crippen LogP contribution in [0.5, 0.6) is 0 Å². The van der Waals surface area contributed by atoms with Crippen LogP contribution in [0.25, 0.3) is 0 Å². The molecule has 1 aliphatic rings. The van der Waals surface area contributed by atoms with Gasteiger partial charge in [0.25, 0.3) is 0 Å². The van der Waals surface area contributed by atoms with E-state index in [-0.39, 0.29) is 19.1 Å². The van der Waals surface area contributed by atoms with Crippen molar-refractivity contribution in [3.8, 4) is 0 Å². The number of piperidine rings is 1. The largest absolute Gasteiger partial charge is 0.449 e. The van der Waals surface area contributed by atoms with Crippen molar-refractivity contribution in [1.29, 1.82) is 0 Å². The van der Waals surface area contributed by atoms with E-state index in [0.717, 1.165) is 0 Å². The molecule has 2 aromatic rings. The maximum atomic E-state index is 12.6. The van der Waals surface area contributed by atoms with Crippen molar-refractivity contribution in [1.82, 2.24) is 4.90 Å². The first kappa shape index (κ1) is 23.1. The third kappa shape index (κ3) is 5.36. The molecule has 1 aromatic heterocycles. The number of benzene rings is 1. The Morgan fingerprint density at radius 1 is 1.19 bits per heavy atom. The van der Waals surface area contributed by atoms with Gasteiger partial charge in [-0.2, -0.15) is 0 Å². The SMILES string of the molecule is NCC(=O)N1CCC(COC(=O)Nc2cccs2)(C(C(N)=O)c2ccccc2Cl)CC1. The minimum atomic E-state index is -0.811. The molecule has 0 aliphatic carbocycles. The van der Waals surface area contributed by atoms with Crippen LogP contribution >= 0.6 is 22.9 Å². The summed E-state index contributed by atoms with van der Waals surface area (Å²) < 4.78 is 5.55. The number of thiophene rings is 1. The number of halogens is 1. The minimum Gasteiger partial charge on any atom is -0.449 e. The summed E-state index contributed by atoms with van der Waals surface area (Å²) in [5.41, 5.74) is 11.1. The number of nitrogens with one attached hydrogen (secondary N) is 1. The topological polar surface area (TPSA) is 128 Å². The first-order valence-corrected chi connectivity index (χ1v) is 11.1. The van der Waals surface area contributed by atoms with Crippen molar-refractivity contribution in [3.05, 3.63) is 52.4 Å². The smallest absolute Gasteiger partial charge is 0.412 e. The second kappa shape index (κ2) is 10.1. The average molecular weight is 465 g/mol. The number of ether oxygens (including phenoxy) is 1. The van der Waals surface area contributed by atoms with E-state index in [1.54, 1.807) is 35.2 Å². The summed E-state index contributed by atoms with van der Waals surface area (Å²) >= 11 is 7.76. The van der Waals surface area contributed by atoms with Gasteiger partial charge in [0, 0.05) is 23.5 Å². The van der Waals surface area contributed by atoms with Gasteiger partial charge >= 0.3 is 6.09 Å². The van der Waals surface area contributed by atoms with Crippen LogP contribution in [0.15, 0.2) is 41.8 Å². The van der Waals surface area contributed by atoms with Crippen LogP contribution in [0.4, 0.5) is 9.80 Å². The number of carbonyl (C=O) groups excluding carboxylic acids is 3. The second-order valence-electron chi connectivity index (χ2n) is 7.48. The van der Waals surface area contributed by atoms with Crippen LogP contribution in [0, 0.1) is 5.41 Å². The van der Waals surface area contributed by atoms with Crippen molar-refractivity contribution >= 4 is 45.8 Å². The zero-order valence-electron chi connectivity index (χ0n) is 16.9. The minimum absolute atomic E-state index is 0.0479. The summed E-state index contributed by atoms with van der Waals surface area (Å²) in [7, 11) is 0. The first-order chi connectivity index (χ1) is 14.9. The van der Waals surface area contributed by atoms with Gasteiger partial charge in [0.05, 0.1) is 17.5 Å². The van der Waals surface area contributed by atoms with E-state index in [4.69, 9.17) is 27.8 Å². The van der Waals surface area contributed by atoms with Gasteiger partial charge in [-0.15, -0.1) is 11.3 Å². The zero-order chi connectivity index (χ0) is 22.4. The van der Waals surface area contributed by atoms with Crippen LogP contribution in [0.1, 0.15) is 24.3 Å². The van der Waals surface area contributed by atoms with Crippen molar-refractivity contribution in [3.63, 3.8) is 0 Å². The number of amides is 3. The lowest BCUT2D eigenvalue weighted by Gasteiger charge is -2.45. The van der Waals surface area contributed by atoms with Crippen LogP contribution in [-0.4, -0.2) is 49.0 Å².